The molecule has 7 heteroatoms. The van der Waals surface area contributed by atoms with Gasteiger partial charge < -0.3 is 4.90 Å². The van der Waals surface area contributed by atoms with Crippen LogP contribution in [0.5, 0.6) is 0 Å². The van der Waals surface area contributed by atoms with Crippen LogP contribution in [0, 0.1) is 0 Å². The molecule has 0 radical (unpaired) electrons. The van der Waals surface area contributed by atoms with E-state index in [-0.39, 0.29) is 11.5 Å². The summed E-state index contributed by atoms with van der Waals surface area (Å²) in [6, 6.07) is 5.02. The average molecular weight is 318 g/mol. The van der Waals surface area contributed by atoms with E-state index in [4.69, 9.17) is 0 Å². The summed E-state index contributed by atoms with van der Waals surface area (Å²) in [6.45, 7) is 4.02. The van der Waals surface area contributed by atoms with Crippen molar-refractivity contribution in [2.24, 2.45) is 7.05 Å². The summed E-state index contributed by atoms with van der Waals surface area (Å²) < 4.78 is 1.19. The first-order valence-electron chi connectivity index (χ1n) is 7.20. The van der Waals surface area contributed by atoms with Gasteiger partial charge in [0, 0.05) is 45.8 Å². The van der Waals surface area contributed by atoms with E-state index in [1.165, 1.54) is 22.4 Å². The monoisotopic (exact) mass is 318 g/mol. The van der Waals surface area contributed by atoms with Crippen molar-refractivity contribution in [3.8, 4) is 0 Å². The van der Waals surface area contributed by atoms with Gasteiger partial charge in [0.15, 0.2) is 0 Å². The number of nitrogens with zero attached hydrogens (tertiary/aromatic N) is 4. The Kier molecular flexibility index (Phi) is 4.35. The molecule has 1 saturated heterocycles. The molecule has 0 unspecified atom stereocenters. The lowest BCUT2D eigenvalue weighted by Gasteiger charge is -2.34. The zero-order valence-electron chi connectivity index (χ0n) is 12.4. The molecule has 0 saturated carbocycles. The number of thiophene rings is 1. The van der Waals surface area contributed by atoms with E-state index in [1.54, 1.807) is 23.3 Å². The maximum absolute atomic E-state index is 12.4. The van der Waals surface area contributed by atoms with Crippen LogP contribution >= 0.6 is 11.3 Å². The van der Waals surface area contributed by atoms with Crippen molar-refractivity contribution in [1.82, 2.24) is 19.6 Å². The first kappa shape index (κ1) is 14.9. The summed E-state index contributed by atoms with van der Waals surface area (Å²) in [5.74, 6) is -0.106. The summed E-state index contributed by atoms with van der Waals surface area (Å²) in [7, 11) is 1.55. The van der Waals surface area contributed by atoms with Crippen LogP contribution in [-0.2, 0) is 13.6 Å². The maximum atomic E-state index is 12.4. The Morgan fingerprint density at radius 2 is 2.00 bits per heavy atom. The fourth-order valence-electron chi connectivity index (χ4n) is 2.53. The van der Waals surface area contributed by atoms with Gasteiger partial charge in [-0.15, -0.1) is 0 Å². The predicted molar refractivity (Wildman–Crippen MR) is 85.0 cm³/mol. The molecule has 1 amide bonds. The van der Waals surface area contributed by atoms with E-state index in [1.807, 2.05) is 0 Å². The highest BCUT2D eigenvalue weighted by Gasteiger charge is 2.23. The molecule has 0 aromatic carbocycles. The Morgan fingerprint density at radius 3 is 2.64 bits per heavy atom. The third kappa shape index (κ3) is 3.26. The van der Waals surface area contributed by atoms with Crippen molar-refractivity contribution in [3.05, 3.63) is 50.6 Å². The second kappa shape index (κ2) is 6.41. The van der Waals surface area contributed by atoms with E-state index < -0.39 is 0 Å². The molecule has 0 atom stereocenters. The number of aromatic nitrogens is 2. The minimum absolute atomic E-state index is 0.106. The van der Waals surface area contributed by atoms with Crippen LogP contribution in [-0.4, -0.2) is 51.7 Å². The molecule has 2 aromatic rings. The van der Waals surface area contributed by atoms with Gasteiger partial charge in [-0.05, 0) is 28.5 Å². The molecule has 1 aliphatic heterocycles. The summed E-state index contributed by atoms with van der Waals surface area (Å²) >= 11 is 1.71. The third-order valence-electron chi connectivity index (χ3n) is 3.83. The Hall–Kier alpha value is -1.99. The average Bonchev–Trinajstić information content (AvgIpc) is 3.03. The number of piperazine rings is 1. The van der Waals surface area contributed by atoms with Gasteiger partial charge in [-0.3, -0.25) is 14.5 Å². The standard InChI is InChI=1S/C15H18N4O2S/c1-17-14(20)3-2-13(16-17)15(21)19-7-5-18(6-8-19)10-12-4-9-22-11-12/h2-4,9,11H,5-8,10H2,1H3. The quantitative estimate of drug-likeness (QED) is 0.840. The molecule has 1 aliphatic rings. The molecular formula is C15H18N4O2S. The lowest BCUT2D eigenvalue weighted by atomic mass is 10.2. The summed E-state index contributed by atoms with van der Waals surface area (Å²) in [5, 5.41) is 8.27. The van der Waals surface area contributed by atoms with Crippen molar-refractivity contribution in [3.63, 3.8) is 0 Å². The lowest BCUT2D eigenvalue weighted by molar-refractivity contribution is 0.0620. The van der Waals surface area contributed by atoms with Crippen LogP contribution < -0.4 is 5.56 Å². The van der Waals surface area contributed by atoms with E-state index in [2.05, 4.69) is 26.8 Å². The van der Waals surface area contributed by atoms with E-state index in [9.17, 15) is 9.59 Å². The summed E-state index contributed by atoms with van der Waals surface area (Å²) in [6.07, 6.45) is 0. The van der Waals surface area contributed by atoms with Gasteiger partial charge >= 0.3 is 0 Å². The third-order valence-corrected chi connectivity index (χ3v) is 4.56. The van der Waals surface area contributed by atoms with Gasteiger partial charge in [-0.1, -0.05) is 0 Å². The molecule has 22 heavy (non-hydrogen) atoms. The number of aryl methyl sites for hydroxylation is 1. The Balaban J connectivity index is 1.59. The van der Waals surface area contributed by atoms with E-state index >= 15 is 0 Å². The minimum atomic E-state index is -0.211. The first-order chi connectivity index (χ1) is 10.6. The largest absolute Gasteiger partial charge is 0.335 e. The summed E-state index contributed by atoms with van der Waals surface area (Å²) in [5.41, 5.74) is 1.44. The van der Waals surface area contributed by atoms with Gasteiger partial charge in [0.05, 0.1) is 0 Å². The van der Waals surface area contributed by atoms with Crippen LogP contribution in [0.1, 0.15) is 16.1 Å². The van der Waals surface area contributed by atoms with Crippen molar-refractivity contribution in [2.75, 3.05) is 26.2 Å². The predicted octanol–water partition coefficient (Wildman–Crippen LogP) is 0.800. The van der Waals surface area contributed by atoms with Crippen LogP contribution in [0.4, 0.5) is 0 Å². The molecule has 116 valence electrons. The van der Waals surface area contributed by atoms with Gasteiger partial charge in [0.25, 0.3) is 11.5 Å². The summed E-state index contributed by atoms with van der Waals surface area (Å²) in [4.78, 5) is 27.9. The Labute approximate surface area is 132 Å². The Morgan fingerprint density at radius 1 is 1.23 bits per heavy atom. The minimum Gasteiger partial charge on any atom is -0.335 e. The molecule has 2 aromatic heterocycles. The van der Waals surface area contributed by atoms with Crippen LogP contribution in [0.3, 0.4) is 0 Å². The fraction of sp³-hybridized carbons (Fsp3) is 0.400. The molecule has 6 nitrogen and oxygen atoms in total. The number of carbonyl (C=O) groups excluding carboxylic acids is 1. The number of amides is 1. The molecule has 3 heterocycles. The van der Waals surface area contributed by atoms with E-state index in [0.29, 0.717) is 18.8 Å². The number of hydrogen-bond acceptors (Lipinski definition) is 5. The van der Waals surface area contributed by atoms with Crippen molar-refractivity contribution < 1.29 is 4.79 Å². The fourth-order valence-corrected chi connectivity index (χ4v) is 3.19. The van der Waals surface area contributed by atoms with Gasteiger partial charge in [0.2, 0.25) is 0 Å². The van der Waals surface area contributed by atoms with Crippen LogP contribution in [0.15, 0.2) is 33.8 Å². The maximum Gasteiger partial charge on any atom is 0.274 e. The molecule has 1 fully saturated rings. The Bertz CT molecular complexity index is 703. The number of hydrogen-bond donors (Lipinski definition) is 0. The van der Waals surface area contributed by atoms with Gasteiger partial charge in [0.1, 0.15) is 5.69 Å². The molecule has 0 N–H and O–H groups in total. The molecular weight excluding hydrogens is 300 g/mol. The molecule has 0 spiro atoms. The smallest absolute Gasteiger partial charge is 0.274 e. The number of rotatable bonds is 3. The second-order valence-electron chi connectivity index (χ2n) is 5.38. The second-order valence-corrected chi connectivity index (χ2v) is 6.16. The van der Waals surface area contributed by atoms with E-state index in [0.717, 1.165) is 19.6 Å². The first-order valence-corrected chi connectivity index (χ1v) is 8.15. The lowest BCUT2D eigenvalue weighted by Crippen LogP contribution is -2.48. The van der Waals surface area contributed by atoms with Crippen molar-refractivity contribution >= 4 is 17.2 Å². The van der Waals surface area contributed by atoms with Crippen molar-refractivity contribution in [2.45, 2.75) is 6.54 Å². The molecule has 3 rings (SSSR count). The van der Waals surface area contributed by atoms with Crippen LogP contribution in [0.25, 0.3) is 0 Å². The zero-order valence-corrected chi connectivity index (χ0v) is 13.3. The molecule has 0 bridgehead atoms. The highest BCUT2D eigenvalue weighted by molar-refractivity contribution is 7.07. The normalized spacial score (nSPS) is 16.0. The van der Waals surface area contributed by atoms with Gasteiger partial charge in [-0.2, -0.15) is 16.4 Å². The number of carbonyl (C=O) groups is 1. The SMILES string of the molecule is Cn1nc(C(=O)N2CCN(Cc3ccsc3)CC2)ccc1=O. The zero-order chi connectivity index (χ0) is 15.5. The topological polar surface area (TPSA) is 58.4 Å². The van der Waals surface area contributed by atoms with Crippen molar-refractivity contribution in [1.29, 1.82) is 0 Å². The highest BCUT2D eigenvalue weighted by atomic mass is 32.1. The van der Waals surface area contributed by atoms with Gasteiger partial charge in [-0.25, -0.2) is 4.68 Å². The highest BCUT2D eigenvalue weighted by Crippen LogP contribution is 2.12. The molecule has 0 aliphatic carbocycles. The van der Waals surface area contributed by atoms with Crippen LogP contribution in [0.2, 0.25) is 0 Å².